The smallest absolute Gasteiger partial charge is 0.254 e. The Kier molecular flexibility index (Phi) is 4.32. The van der Waals surface area contributed by atoms with Crippen molar-refractivity contribution in [2.75, 3.05) is 13.1 Å². The molecule has 0 bridgehead atoms. The van der Waals surface area contributed by atoms with Crippen LogP contribution in [-0.2, 0) is 7.05 Å². The summed E-state index contributed by atoms with van der Waals surface area (Å²) in [6.45, 7) is 2.91. The first-order valence-electron chi connectivity index (χ1n) is 8.71. The van der Waals surface area contributed by atoms with Gasteiger partial charge in [-0.15, -0.1) is 11.3 Å². The van der Waals surface area contributed by atoms with Crippen LogP contribution in [0.5, 0.6) is 0 Å². The summed E-state index contributed by atoms with van der Waals surface area (Å²) < 4.78 is 1.81. The number of hydrogen-bond donors (Lipinski definition) is 0. The van der Waals surface area contributed by atoms with Crippen LogP contribution in [0, 0.1) is 0 Å². The molecule has 4 rings (SSSR count). The van der Waals surface area contributed by atoms with Gasteiger partial charge >= 0.3 is 0 Å². The van der Waals surface area contributed by atoms with Gasteiger partial charge in [0.25, 0.3) is 5.91 Å². The zero-order valence-electron chi connectivity index (χ0n) is 14.8. The number of aromatic nitrogens is 3. The van der Waals surface area contributed by atoms with Crippen LogP contribution < -0.4 is 0 Å². The number of thiophene rings is 1. The second kappa shape index (κ2) is 6.64. The van der Waals surface area contributed by atoms with E-state index in [1.165, 1.54) is 18.3 Å². The van der Waals surface area contributed by atoms with Crippen molar-refractivity contribution in [2.24, 2.45) is 7.05 Å². The molecule has 0 N–H and O–H groups in total. The molecule has 0 aromatic carbocycles. The summed E-state index contributed by atoms with van der Waals surface area (Å²) in [5.41, 5.74) is 2.49. The number of rotatable bonds is 3. The minimum Gasteiger partial charge on any atom is -0.338 e. The number of hydrogen-bond acceptors (Lipinski definition) is 5. The summed E-state index contributed by atoms with van der Waals surface area (Å²) in [6, 6.07) is 5.68. The lowest BCUT2D eigenvalue weighted by Crippen LogP contribution is -2.39. The van der Waals surface area contributed by atoms with Crippen LogP contribution in [0.2, 0.25) is 0 Å². The van der Waals surface area contributed by atoms with E-state index in [9.17, 15) is 9.59 Å². The predicted molar refractivity (Wildman–Crippen MR) is 101 cm³/mol. The number of ketones is 1. The highest BCUT2D eigenvalue weighted by Crippen LogP contribution is 2.31. The topological polar surface area (TPSA) is 68.1 Å². The second-order valence-electron chi connectivity index (χ2n) is 6.73. The Morgan fingerprint density at radius 3 is 2.96 bits per heavy atom. The van der Waals surface area contributed by atoms with Gasteiger partial charge in [-0.05, 0) is 38.0 Å². The van der Waals surface area contributed by atoms with E-state index in [1.807, 2.05) is 28.8 Å². The Bertz CT molecular complexity index is 991. The maximum Gasteiger partial charge on any atom is 0.254 e. The monoisotopic (exact) mass is 368 g/mol. The zero-order chi connectivity index (χ0) is 18.3. The average Bonchev–Trinajstić information content (AvgIpc) is 3.27. The maximum atomic E-state index is 12.9. The average molecular weight is 368 g/mol. The van der Waals surface area contributed by atoms with E-state index in [-0.39, 0.29) is 17.6 Å². The van der Waals surface area contributed by atoms with Crippen molar-refractivity contribution < 1.29 is 9.59 Å². The Balaban J connectivity index is 1.58. The molecule has 1 aliphatic heterocycles. The third kappa shape index (κ3) is 2.92. The number of pyridine rings is 1. The Labute approximate surface area is 155 Å². The van der Waals surface area contributed by atoms with Gasteiger partial charge in [-0.3, -0.25) is 14.3 Å². The van der Waals surface area contributed by atoms with Crippen molar-refractivity contribution in [3.63, 3.8) is 0 Å². The molecule has 6 nitrogen and oxygen atoms in total. The zero-order valence-corrected chi connectivity index (χ0v) is 15.6. The van der Waals surface area contributed by atoms with Gasteiger partial charge in [-0.25, -0.2) is 4.98 Å². The van der Waals surface area contributed by atoms with Gasteiger partial charge in [-0.1, -0.05) is 0 Å². The van der Waals surface area contributed by atoms with Gasteiger partial charge < -0.3 is 4.90 Å². The van der Waals surface area contributed by atoms with Gasteiger partial charge in [0, 0.05) is 43.0 Å². The number of nitrogens with zero attached hydrogens (tertiary/aromatic N) is 4. The highest BCUT2D eigenvalue weighted by molar-refractivity contribution is 7.12. The second-order valence-corrected chi connectivity index (χ2v) is 7.64. The Morgan fingerprint density at radius 1 is 1.35 bits per heavy atom. The van der Waals surface area contributed by atoms with E-state index >= 15 is 0 Å². The van der Waals surface area contributed by atoms with Crippen LogP contribution >= 0.6 is 11.3 Å². The summed E-state index contributed by atoms with van der Waals surface area (Å²) in [6.07, 6.45) is 3.72. The number of fused-ring (bicyclic) bond motifs is 1. The number of likely N-dealkylation sites (tertiary alicyclic amines) is 1. The van der Waals surface area contributed by atoms with Crippen molar-refractivity contribution in [1.29, 1.82) is 0 Å². The molecular formula is C19H20N4O2S. The highest BCUT2D eigenvalue weighted by atomic mass is 32.1. The van der Waals surface area contributed by atoms with Crippen LogP contribution in [0.25, 0.3) is 11.0 Å². The van der Waals surface area contributed by atoms with Crippen molar-refractivity contribution in [1.82, 2.24) is 19.7 Å². The first-order valence-corrected chi connectivity index (χ1v) is 9.59. The largest absolute Gasteiger partial charge is 0.338 e. The van der Waals surface area contributed by atoms with Gasteiger partial charge in [0.2, 0.25) is 0 Å². The summed E-state index contributed by atoms with van der Waals surface area (Å²) in [5.74, 6) is 0.196. The van der Waals surface area contributed by atoms with Gasteiger partial charge in [0.05, 0.1) is 16.1 Å². The van der Waals surface area contributed by atoms with Crippen molar-refractivity contribution in [2.45, 2.75) is 25.7 Å². The molecule has 134 valence electrons. The quantitative estimate of drug-likeness (QED) is 0.666. The van der Waals surface area contributed by atoms with Crippen LogP contribution in [-0.4, -0.2) is 44.4 Å². The summed E-state index contributed by atoms with van der Waals surface area (Å²) in [5, 5.41) is 7.52. The molecule has 1 unspecified atom stereocenters. The van der Waals surface area contributed by atoms with E-state index < -0.39 is 0 Å². The first-order chi connectivity index (χ1) is 12.5. The molecular weight excluding hydrogens is 348 g/mol. The molecule has 1 atom stereocenters. The number of Topliss-reactive ketones (excluding diaryl/α,β-unsaturated/α-hetero) is 1. The molecule has 1 amide bonds. The predicted octanol–water partition coefficient (Wildman–Crippen LogP) is 3.25. The molecule has 1 fully saturated rings. The van der Waals surface area contributed by atoms with Crippen LogP contribution in [0.1, 0.15) is 51.4 Å². The van der Waals surface area contributed by atoms with Crippen molar-refractivity contribution in [3.8, 4) is 0 Å². The third-order valence-corrected chi connectivity index (χ3v) is 5.95. The molecule has 1 saturated heterocycles. The minimum absolute atomic E-state index is 0.00183. The number of carbonyl (C=O) groups excluding carboxylic acids is 2. The molecule has 1 aliphatic rings. The fourth-order valence-electron chi connectivity index (χ4n) is 3.62. The molecule has 0 aliphatic carbocycles. The number of carbonyl (C=O) groups is 2. The van der Waals surface area contributed by atoms with Gasteiger partial charge in [0.1, 0.15) is 0 Å². The normalized spacial score (nSPS) is 17.6. The van der Waals surface area contributed by atoms with E-state index in [1.54, 1.807) is 17.6 Å². The van der Waals surface area contributed by atoms with E-state index in [0.717, 1.165) is 36.1 Å². The van der Waals surface area contributed by atoms with Gasteiger partial charge in [-0.2, -0.15) is 5.10 Å². The fraction of sp³-hybridized carbons (Fsp3) is 0.368. The maximum absolute atomic E-state index is 12.9. The Hall–Kier alpha value is -2.54. The molecule has 0 spiro atoms. The minimum atomic E-state index is -0.00295. The lowest BCUT2D eigenvalue weighted by Gasteiger charge is -2.32. The number of amides is 1. The molecule has 0 radical (unpaired) electrons. The summed E-state index contributed by atoms with van der Waals surface area (Å²) in [7, 11) is 1.90. The lowest BCUT2D eigenvalue weighted by molar-refractivity contribution is 0.0706. The first kappa shape index (κ1) is 16.9. The van der Waals surface area contributed by atoms with Crippen LogP contribution in [0.3, 0.4) is 0 Å². The van der Waals surface area contributed by atoms with Crippen molar-refractivity contribution in [3.05, 3.63) is 45.9 Å². The standard InChI is InChI=1S/C19H20N4O2S/c1-12(24)16-9-14(11-26-16)19(25)23-8-4-5-13(10-23)17-15-6-3-7-20-18(15)22(2)21-17/h3,6-7,9,11,13H,4-5,8,10H2,1-2H3. The molecule has 3 aromatic rings. The molecule has 4 heterocycles. The molecule has 26 heavy (non-hydrogen) atoms. The summed E-state index contributed by atoms with van der Waals surface area (Å²) >= 11 is 1.33. The number of piperidine rings is 1. The lowest BCUT2D eigenvalue weighted by atomic mass is 9.93. The van der Waals surface area contributed by atoms with E-state index in [0.29, 0.717) is 17.0 Å². The number of aryl methyl sites for hydroxylation is 1. The third-order valence-electron chi connectivity index (χ3n) is 4.92. The SMILES string of the molecule is CC(=O)c1cc(C(=O)N2CCCC(c3nn(C)c4ncccc34)C2)cs1. The van der Waals surface area contributed by atoms with Crippen molar-refractivity contribution >= 4 is 34.1 Å². The fourth-order valence-corrected chi connectivity index (χ4v) is 4.40. The van der Waals surface area contributed by atoms with E-state index in [4.69, 9.17) is 0 Å². The van der Waals surface area contributed by atoms with Crippen LogP contribution in [0.15, 0.2) is 29.8 Å². The molecule has 0 saturated carbocycles. The summed E-state index contributed by atoms with van der Waals surface area (Å²) in [4.78, 5) is 31.3. The van der Waals surface area contributed by atoms with Gasteiger partial charge in [0.15, 0.2) is 11.4 Å². The molecule has 7 heteroatoms. The van der Waals surface area contributed by atoms with Crippen LogP contribution in [0.4, 0.5) is 0 Å². The van der Waals surface area contributed by atoms with E-state index in [2.05, 4.69) is 10.1 Å². The highest BCUT2D eigenvalue weighted by Gasteiger charge is 2.29. The molecule has 3 aromatic heterocycles. The Morgan fingerprint density at radius 2 is 2.19 bits per heavy atom.